The van der Waals surface area contributed by atoms with Crippen LogP contribution >= 0.6 is 11.8 Å². The van der Waals surface area contributed by atoms with E-state index in [4.69, 9.17) is 10.3 Å². The Balaban J connectivity index is 1.57. The van der Waals surface area contributed by atoms with Gasteiger partial charge in [-0.2, -0.15) is 16.7 Å². The molecular weight excluding hydrogens is 282 g/mol. The lowest BCUT2D eigenvalue weighted by molar-refractivity contribution is 0.256. The summed E-state index contributed by atoms with van der Waals surface area (Å²) in [5, 5.41) is 4.95. The summed E-state index contributed by atoms with van der Waals surface area (Å²) in [4.78, 5) is 4.61. The zero-order chi connectivity index (χ0) is 14.5. The Morgan fingerprint density at radius 2 is 1.71 bits per heavy atom. The van der Waals surface area contributed by atoms with Crippen LogP contribution in [0.5, 0.6) is 0 Å². The number of thioether (sulfide) groups is 1. The molecule has 0 radical (unpaired) electrons. The molecule has 2 fully saturated rings. The molecule has 2 N–H and O–H groups in total. The second kappa shape index (κ2) is 7.14. The Labute approximate surface area is 131 Å². The third-order valence-electron chi connectivity index (χ3n) is 4.89. The highest BCUT2D eigenvalue weighted by molar-refractivity contribution is 7.99. The molecule has 1 aromatic rings. The average Bonchev–Trinajstić information content (AvgIpc) is 2.89. The molecule has 2 aliphatic rings. The molecule has 1 aromatic heterocycles. The fourth-order valence-electron chi connectivity index (χ4n) is 3.51. The second-order valence-electron chi connectivity index (χ2n) is 6.66. The molecule has 0 spiro atoms. The van der Waals surface area contributed by atoms with E-state index in [2.05, 4.69) is 10.1 Å². The maximum Gasteiger partial charge on any atom is 0.246 e. The Morgan fingerprint density at radius 1 is 1.05 bits per heavy atom. The summed E-state index contributed by atoms with van der Waals surface area (Å²) in [7, 11) is 0. The van der Waals surface area contributed by atoms with E-state index in [0.29, 0.717) is 5.89 Å². The third-order valence-corrected chi connectivity index (χ3v) is 6.26. The van der Waals surface area contributed by atoms with Gasteiger partial charge in [0.1, 0.15) is 0 Å². The van der Waals surface area contributed by atoms with Crippen LogP contribution in [-0.2, 0) is 11.3 Å². The first kappa shape index (κ1) is 15.3. The van der Waals surface area contributed by atoms with E-state index in [9.17, 15) is 0 Å². The minimum Gasteiger partial charge on any atom is -0.337 e. The van der Waals surface area contributed by atoms with Crippen molar-refractivity contribution < 1.29 is 4.52 Å². The van der Waals surface area contributed by atoms with Gasteiger partial charge in [-0.1, -0.05) is 50.1 Å². The van der Waals surface area contributed by atoms with Gasteiger partial charge in [-0.15, -0.1) is 0 Å². The van der Waals surface area contributed by atoms with E-state index in [1.165, 1.54) is 57.8 Å². The summed E-state index contributed by atoms with van der Waals surface area (Å²) in [6, 6.07) is 0. The van der Waals surface area contributed by atoms with E-state index >= 15 is 0 Å². The van der Waals surface area contributed by atoms with Crippen LogP contribution in [0.4, 0.5) is 0 Å². The number of rotatable bonds is 4. The van der Waals surface area contributed by atoms with Crippen molar-refractivity contribution in [1.29, 1.82) is 0 Å². The first-order chi connectivity index (χ1) is 10.3. The monoisotopic (exact) mass is 309 g/mol. The highest BCUT2D eigenvalue weighted by Crippen LogP contribution is 2.34. The molecule has 5 heteroatoms. The van der Waals surface area contributed by atoms with Crippen LogP contribution in [0.25, 0.3) is 0 Å². The van der Waals surface area contributed by atoms with Crippen molar-refractivity contribution in [1.82, 2.24) is 10.1 Å². The molecule has 0 unspecified atom stereocenters. The van der Waals surface area contributed by atoms with Gasteiger partial charge in [0.25, 0.3) is 0 Å². The van der Waals surface area contributed by atoms with Gasteiger partial charge in [-0.25, -0.2) is 0 Å². The smallest absolute Gasteiger partial charge is 0.246 e. The van der Waals surface area contributed by atoms with Gasteiger partial charge >= 0.3 is 0 Å². The second-order valence-corrected chi connectivity index (χ2v) is 7.95. The van der Waals surface area contributed by atoms with E-state index in [1.54, 1.807) is 0 Å². The number of hydrogen-bond acceptors (Lipinski definition) is 5. The number of hydrogen-bond donors (Lipinski definition) is 1. The maximum absolute atomic E-state index is 6.53. The summed E-state index contributed by atoms with van der Waals surface area (Å²) >= 11 is 1.99. The lowest BCUT2D eigenvalue weighted by atomic mass is 9.91. The lowest BCUT2D eigenvalue weighted by Gasteiger charge is -2.22. The number of nitrogens with two attached hydrogens (primary N) is 1. The zero-order valence-electron chi connectivity index (χ0n) is 12.9. The van der Waals surface area contributed by atoms with Gasteiger partial charge in [0.15, 0.2) is 5.82 Å². The van der Waals surface area contributed by atoms with Crippen LogP contribution in [0.3, 0.4) is 0 Å². The maximum atomic E-state index is 6.53. The van der Waals surface area contributed by atoms with Crippen LogP contribution in [0.1, 0.15) is 82.3 Å². The summed E-state index contributed by atoms with van der Waals surface area (Å²) in [6.07, 6.45) is 13.7. The minimum absolute atomic E-state index is 0.378. The molecular formula is C16H27N3OS. The molecule has 0 saturated heterocycles. The summed E-state index contributed by atoms with van der Waals surface area (Å²) in [6.45, 7) is 0. The molecule has 2 aliphatic carbocycles. The standard InChI is InChI=1S/C16H27N3OS/c17-16(10-6-1-2-7-11-16)15-18-14(19-20-15)12-21-13-8-4-3-5-9-13/h13H,1-12,17H2. The lowest BCUT2D eigenvalue weighted by Crippen LogP contribution is -2.36. The van der Waals surface area contributed by atoms with Crippen LogP contribution in [0.2, 0.25) is 0 Å². The van der Waals surface area contributed by atoms with E-state index < -0.39 is 0 Å². The van der Waals surface area contributed by atoms with Crippen LogP contribution in [0, 0.1) is 0 Å². The molecule has 0 bridgehead atoms. The topological polar surface area (TPSA) is 64.9 Å². The molecule has 0 aliphatic heterocycles. The first-order valence-corrected chi connectivity index (χ1v) is 9.55. The SMILES string of the molecule is NC1(c2nc(CSC3CCCCC3)no2)CCCCCC1. The molecule has 0 amide bonds. The molecule has 118 valence electrons. The molecule has 0 atom stereocenters. The van der Waals surface area contributed by atoms with Crippen LogP contribution in [0.15, 0.2) is 4.52 Å². The third kappa shape index (κ3) is 4.01. The van der Waals surface area contributed by atoms with Gasteiger partial charge in [0.05, 0.1) is 11.3 Å². The molecule has 0 aromatic carbocycles. The molecule has 4 nitrogen and oxygen atoms in total. The van der Waals surface area contributed by atoms with Crippen molar-refractivity contribution >= 4 is 11.8 Å². The van der Waals surface area contributed by atoms with Gasteiger partial charge in [0.2, 0.25) is 5.89 Å². The number of nitrogens with zero attached hydrogens (tertiary/aromatic N) is 2. The first-order valence-electron chi connectivity index (χ1n) is 8.50. The van der Waals surface area contributed by atoms with Crippen molar-refractivity contribution in [2.75, 3.05) is 0 Å². The van der Waals surface area contributed by atoms with Crippen molar-refractivity contribution in [3.63, 3.8) is 0 Å². The van der Waals surface area contributed by atoms with Crippen molar-refractivity contribution in [3.8, 4) is 0 Å². The molecule has 1 heterocycles. The van der Waals surface area contributed by atoms with Crippen molar-refractivity contribution in [3.05, 3.63) is 11.7 Å². The fraction of sp³-hybridized carbons (Fsp3) is 0.875. The van der Waals surface area contributed by atoms with Gasteiger partial charge in [-0.05, 0) is 25.7 Å². The highest BCUT2D eigenvalue weighted by Gasteiger charge is 2.34. The molecule has 3 rings (SSSR count). The van der Waals surface area contributed by atoms with Crippen molar-refractivity contribution in [2.24, 2.45) is 5.73 Å². The van der Waals surface area contributed by atoms with Gasteiger partial charge < -0.3 is 10.3 Å². The summed E-state index contributed by atoms with van der Waals surface area (Å²) < 4.78 is 5.50. The Kier molecular flexibility index (Phi) is 5.22. The van der Waals surface area contributed by atoms with E-state index in [0.717, 1.165) is 29.7 Å². The van der Waals surface area contributed by atoms with Gasteiger partial charge in [0, 0.05) is 5.25 Å². The summed E-state index contributed by atoms with van der Waals surface area (Å²) in [5.41, 5.74) is 6.15. The predicted octanol–water partition coefficient (Wildman–Crippen LogP) is 4.14. The Bertz CT molecular complexity index is 434. The van der Waals surface area contributed by atoms with Crippen molar-refractivity contribution in [2.45, 2.75) is 87.2 Å². The van der Waals surface area contributed by atoms with Gasteiger partial charge in [-0.3, -0.25) is 0 Å². The fourth-order valence-corrected chi connectivity index (χ4v) is 4.68. The average molecular weight is 309 g/mol. The highest BCUT2D eigenvalue weighted by atomic mass is 32.2. The summed E-state index contributed by atoms with van der Waals surface area (Å²) in [5.74, 6) is 2.36. The minimum atomic E-state index is -0.378. The number of aromatic nitrogens is 2. The zero-order valence-corrected chi connectivity index (χ0v) is 13.7. The molecule has 2 saturated carbocycles. The Morgan fingerprint density at radius 3 is 2.43 bits per heavy atom. The normalized spacial score (nSPS) is 23.9. The predicted molar refractivity (Wildman–Crippen MR) is 86.0 cm³/mol. The largest absolute Gasteiger partial charge is 0.337 e. The molecule has 21 heavy (non-hydrogen) atoms. The van der Waals surface area contributed by atoms with Crippen LogP contribution < -0.4 is 5.73 Å². The Hall–Kier alpha value is -0.550. The van der Waals surface area contributed by atoms with E-state index in [1.807, 2.05) is 11.8 Å². The quantitative estimate of drug-likeness (QED) is 0.847. The van der Waals surface area contributed by atoms with E-state index in [-0.39, 0.29) is 5.54 Å². The van der Waals surface area contributed by atoms with Crippen LogP contribution in [-0.4, -0.2) is 15.4 Å².